The van der Waals surface area contributed by atoms with Crippen LogP contribution in [0.1, 0.15) is 5.56 Å². The Morgan fingerprint density at radius 2 is 1.08 bits per heavy atom. The van der Waals surface area contributed by atoms with Gasteiger partial charge in [0.1, 0.15) is 5.75 Å². The van der Waals surface area contributed by atoms with Crippen LogP contribution in [0.15, 0.2) is 152 Å². The van der Waals surface area contributed by atoms with E-state index in [0.717, 1.165) is 74.0 Å². The van der Waals surface area contributed by atoms with Gasteiger partial charge < -0.3 is 14.5 Å². The molecular weight excluding hydrogens is 607 g/mol. The first-order valence-electron chi connectivity index (χ1n) is 15.5. The molecule has 1 aromatic heterocycles. The van der Waals surface area contributed by atoms with Crippen molar-refractivity contribution in [3.63, 3.8) is 0 Å². The Kier molecular flexibility index (Phi) is 7.10. The van der Waals surface area contributed by atoms with Crippen LogP contribution in [0.2, 0.25) is 0 Å². The number of rotatable bonds is 5. The van der Waals surface area contributed by atoms with Crippen molar-refractivity contribution in [2.75, 3.05) is 16.9 Å². The normalized spacial score (nSPS) is 12.5. The number of methoxy groups -OCH3 is 1. The van der Waals surface area contributed by atoms with Crippen LogP contribution in [0.25, 0.3) is 33.3 Å². The zero-order valence-electron chi connectivity index (χ0n) is 25.8. The smallest absolute Gasteiger partial charge is 0.416 e. The Morgan fingerprint density at radius 3 is 1.67 bits per heavy atom. The number of benzene rings is 6. The summed E-state index contributed by atoms with van der Waals surface area (Å²) in [5.74, 6) is 0.727. The summed E-state index contributed by atoms with van der Waals surface area (Å²) in [5, 5.41) is 0.911. The topological polar surface area (TPSA) is 28.6 Å². The van der Waals surface area contributed by atoms with Crippen LogP contribution in [0.4, 0.5) is 47.3 Å². The van der Waals surface area contributed by atoms with E-state index in [-0.39, 0.29) is 0 Å². The number of pyridine rings is 1. The number of hydrogen-bond donors (Lipinski definition) is 0. The second-order valence-electron chi connectivity index (χ2n) is 11.5. The van der Waals surface area contributed by atoms with Gasteiger partial charge in [-0.1, -0.05) is 78.9 Å². The highest BCUT2D eigenvalue weighted by molar-refractivity contribution is 6.09. The monoisotopic (exact) mass is 635 g/mol. The molecule has 0 fully saturated rings. The highest BCUT2D eigenvalue weighted by Crippen LogP contribution is 2.55. The summed E-state index contributed by atoms with van der Waals surface area (Å²) in [7, 11) is 1.62. The molecule has 7 heteroatoms. The molecule has 1 aliphatic heterocycles. The van der Waals surface area contributed by atoms with Crippen molar-refractivity contribution in [2.24, 2.45) is 0 Å². The van der Waals surface area contributed by atoms with E-state index >= 15 is 0 Å². The number of anilines is 6. The molecule has 4 nitrogen and oxygen atoms in total. The minimum absolute atomic E-state index is 0.569. The largest absolute Gasteiger partial charge is 0.497 e. The fraction of sp³-hybridized carbons (Fsp3) is 0.0488. The highest BCUT2D eigenvalue weighted by atomic mass is 19.4. The molecule has 1 aliphatic rings. The van der Waals surface area contributed by atoms with Gasteiger partial charge in [-0.15, -0.1) is 0 Å². The maximum absolute atomic E-state index is 13.5. The number of fused-ring (bicyclic) bond motifs is 3. The lowest BCUT2D eigenvalue weighted by Crippen LogP contribution is -2.24. The summed E-state index contributed by atoms with van der Waals surface area (Å²) in [5.41, 5.74) is 8.87. The summed E-state index contributed by atoms with van der Waals surface area (Å²) < 4.78 is 45.9. The van der Waals surface area contributed by atoms with Gasteiger partial charge in [0.05, 0.1) is 52.3 Å². The quantitative estimate of drug-likeness (QED) is 0.188. The molecule has 0 unspecified atom stereocenters. The van der Waals surface area contributed by atoms with Crippen LogP contribution < -0.4 is 14.5 Å². The zero-order valence-corrected chi connectivity index (χ0v) is 25.8. The van der Waals surface area contributed by atoms with Crippen molar-refractivity contribution in [3.05, 3.63) is 157 Å². The van der Waals surface area contributed by atoms with Gasteiger partial charge in [0.15, 0.2) is 0 Å². The van der Waals surface area contributed by atoms with Crippen LogP contribution in [0.5, 0.6) is 5.75 Å². The summed E-state index contributed by atoms with van der Waals surface area (Å²) in [6.07, 6.45) is -4.43. The van der Waals surface area contributed by atoms with Gasteiger partial charge in [0, 0.05) is 16.6 Å². The summed E-state index contributed by atoms with van der Waals surface area (Å²) in [6.45, 7) is 0. The van der Waals surface area contributed by atoms with E-state index in [1.54, 1.807) is 7.11 Å². The van der Waals surface area contributed by atoms with Crippen LogP contribution >= 0.6 is 0 Å². The Bertz CT molecular complexity index is 2220. The van der Waals surface area contributed by atoms with E-state index in [1.807, 2.05) is 84.9 Å². The average molecular weight is 636 g/mol. The molecule has 0 radical (unpaired) electrons. The third kappa shape index (κ3) is 5.00. The molecule has 0 saturated carbocycles. The molecule has 7 aromatic rings. The number of aromatic nitrogens is 1. The lowest BCUT2D eigenvalue weighted by Gasteiger charge is -2.40. The Labute approximate surface area is 275 Å². The fourth-order valence-electron chi connectivity index (χ4n) is 6.46. The molecule has 0 bridgehead atoms. The third-order valence-electron chi connectivity index (χ3n) is 8.71. The number of para-hydroxylation sites is 6. The van der Waals surface area contributed by atoms with E-state index in [4.69, 9.17) is 9.72 Å². The van der Waals surface area contributed by atoms with E-state index in [0.29, 0.717) is 11.3 Å². The molecule has 0 amide bonds. The number of halogens is 3. The molecule has 48 heavy (non-hydrogen) atoms. The lowest BCUT2D eigenvalue weighted by molar-refractivity contribution is -0.137. The molecule has 0 N–H and O–H groups in total. The standard InChI is InChI=1S/C41H28F3N3O/c1-48-31-24-20-27(21-25-31)33-26-34(28-18-22-29(23-19-28)41(42,43)44)45-40-32(33)12-9-17-39(40)47-37-15-7-5-13-35(37)46(30-10-3-2-4-11-30)36-14-6-8-16-38(36)47/h2-26H,1H3. The predicted molar refractivity (Wildman–Crippen MR) is 187 cm³/mol. The van der Waals surface area contributed by atoms with Crippen LogP contribution in [0, 0.1) is 0 Å². The molecule has 0 atom stereocenters. The molecule has 0 aliphatic carbocycles. The second-order valence-corrected chi connectivity index (χ2v) is 11.5. The summed E-state index contributed by atoms with van der Waals surface area (Å²) in [4.78, 5) is 9.68. The predicted octanol–water partition coefficient (Wildman–Crippen LogP) is 11.8. The minimum Gasteiger partial charge on any atom is -0.497 e. The van der Waals surface area contributed by atoms with Gasteiger partial charge in [-0.05, 0) is 83.9 Å². The molecule has 0 saturated heterocycles. The molecule has 2 heterocycles. The maximum Gasteiger partial charge on any atom is 0.416 e. The Balaban J connectivity index is 1.39. The van der Waals surface area contributed by atoms with Crippen LogP contribution in [0.3, 0.4) is 0 Å². The molecular formula is C41H28F3N3O. The first kappa shape index (κ1) is 29.3. The first-order valence-corrected chi connectivity index (χ1v) is 15.5. The van der Waals surface area contributed by atoms with Crippen molar-refractivity contribution < 1.29 is 17.9 Å². The van der Waals surface area contributed by atoms with Gasteiger partial charge in [0.25, 0.3) is 0 Å². The van der Waals surface area contributed by atoms with E-state index in [9.17, 15) is 13.2 Å². The average Bonchev–Trinajstić information content (AvgIpc) is 3.13. The molecule has 8 rings (SSSR count). The third-order valence-corrected chi connectivity index (χ3v) is 8.71. The number of hydrogen-bond acceptors (Lipinski definition) is 4. The van der Waals surface area contributed by atoms with E-state index in [2.05, 4.69) is 52.3 Å². The van der Waals surface area contributed by atoms with Crippen molar-refractivity contribution in [1.29, 1.82) is 0 Å². The highest BCUT2D eigenvalue weighted by Gasteiger charge is 2.32. The Morgan fingerprint density at radius 1 is 0.542 bits per heavy atom. The van der Waals surface area contributed by atoms with Gasteiger partial charge in [-0.2, -0.15) is 13.2 Å². The summed E-state index contributed by atoms with van der Waals surface area (Å²) in [6, 6.07) is 47.8. The van der Waals surface area contributed by atoms with Gasteiger partial charge in [-0.25, -0.2) is 4.98 Å². The van der Waals surface area contributed by atoms with Gasteiger partial charge in [0.2, 0.25) is 0 Å². The molecule has 0 spiro atoms. The van der Waals surface area contributed by atoms with E-state index < -0.39 is 11.7 Å². The lowest BCUT2D eigenvalue weighted by atomic mass is 9.96. The van der Waals surface area contributed by atoms with Crippen molar-refractivity contribution in [1.82, 2.24) is 4.98 Å². The molecule has 234 valence electrons. The van der Waals surface area contributed by atoms with Gasteiger partial charge in [-0.3, -0.25) is 0 Å². The Hall–Kier alpha value is -6.08. The van der Waals surface area contributed by atoms with Crippen LogP contribution in [-0.4, -0.2) is 12.1 Å². The fourth-order valence-corrected chi connectivity index (χ4v) is 6.46. The summed E-state index contributed by atoms with van der Waals surface area (Å²) >= 11 is 0. The maximum atomic E-state index is 13.5. The van der Waals surface area contributed by atoms with E-state index in [1.165, 1.54) is 12.1 Å². The number of ether oxygens (including phenoxy) is 1. The van der Waals surface area contributed by atoms with Crippen molar-refractivity contribution in [3.8, 4) is 28.1 Å². The first-order chi connectivity index (χ1) is 23.4. The second kappa shape index (κ2) is 11.6. The molecule has 6 aromatic carbocycles. The van der Waals surface area contributed by atoms with Crippen LogP contribution in [-0.2, 0) is 6.18 Å². The van der Waals surface area contributed by atoms with Crippen molar-refractivity contribution in [2.45, 2.75) is 6.18 Å². The zero-order chi connectivity index (χ0) is 32.8. The number of alkyl halides is 3. The van der Waals surface area contributed by atoms with Crippen molar-refractivity contribution >= 4 is 45.0 Å². The number of nitrogens with zero attached hydrogens (tertiary/aromatic N) is 3. The minimum atomic E-state index is -4.43. The SMILES string of the molecule is COc1ccc(-c2cc(-c3ccc(C(F)(F)F)cc3)nc3c(N4c5ccccc5N(c5ccccc5)c5ccccc54)cccc23)cc1. The van der Waals surface area contributed by atoms with Gasteiger partial charge >= 0.3 is 6.18 Å².